The minimum atomic E-state index is -2.18. The third-order valence-corrected chi connectivity index (χ3v) is 2.29. The molecule has 23 heavy (non-hydrogen) atoms. The Morgan fingerprint density at radius 2 is 0.913 bits per heavy atom. The van der Waals surface area contributed by atoms with E-state index in [-0.39, 0.29) is 37.7 Å². The molecule has 0 aliphatic heterocycles. The summed E-state index contributed by atoms with van der Waals surface area (Å²) >= 11 is 0. The predicted molar refractivity (Wildman–Crippen MR) is 66.0 cm³/mol. The Balaban J connectivity index is -0.000000333. The van der Waals surface area contributed by atoms with Crippen LogP contribution in [-0.2, 0) is 9.59 Å². The van der Waals surface area contributed by atoms with E-state index in [1.807, 2.05) is 0 Å². The van der Waals surface area contributed by atoms with Crippen molar-refractivity contribution in [1.29, 1.82) is 0 Å². The van der Waals surface area contributed by atoms with Crippen LogP contribution in [0, 0.1) is 0 Å². The summed E-state index contributed by atoms with van der Waals surface area (Å²) in [5.74, 6) is -3.80. The van der Waals surface area contributed by atoms with Crippen LogP contribution in [0.3, 0.4) is 0 Å². The van der Waals surface area contributed by atoms with Gasteiger partial charge in [-0.05, 0) is 0 Å². The second-order valence-electron chi connectivity index (χ2n) is 4.01. The first kappa shape index (κ1) is 27.7. The summed E-state index contributed by atoms with van der Waals surface area (Å²) in [5, 5.41) is 87.7. The third-order valence-electron chi connectivity index (χ3n) is 2.29. The van der Waals surface area contributed by atoms with Crippen molar-refractivity contribution in [2.24, 2.45) is 0 Å². The molecule has 0 bridgehead atoms. The van der Waals surface area contributed by atoms with Gasteiger partial charge in [0.25, 0.3) is 0 Å². The van der Waals surface area contributed by atoms with Gasteiger partial charge in [0.05, 0.1) is 25.2 Å². The summed E-state index contributed by atoms with van der Waals surface area (Å²) < 4.78 is 0. The van der Waals surface area contributed by atoms with E-state index in [4.69, 9.17) is 40.9 Å². The Labute approximate surface area is 159 Å². The molecule has 0 rings (SSSR count). The summed E-state index contributed by atoms with van der Waals surface area (Å²) in [7, 11) is 0. The van der Waals surface area contributed by atoms with Crippen LogP contribution in [0.25, 0.3) is 0 Å². The molecule has 0 aromatic carbocycles. The molecule has 0 saturated carbocycles. The number of hydrogen-bond donors (Lipinski definition) is 8. The van der Waals surface area contributed by atoms with E-state index in [1.165, 1.54) is 0 Å². The van der Waals surface area contributed by atoms with Gasteiger partial charge < -0.3 is 60.7 Å². The molecule has 13 heteroatoms. The van der Waals surface area contributed by atoms with Crippen molar-refractivity contribution in [1.82, 2.24) is 0 Å². The molecular formula is C10H18CaO12. The van der Waals surface area contributed by atoms with Gasteiger partial charge in [-0.1, -0.05) is 0 Å². The van der Waals surface area contributed by atoms with Gasteiger partial charge in [-0.25, -0.2) is 0 Å². The van der Waals surface area contributed by atoms with Crippen molar-refractivity contribution in [3.8, 4) is 0 Å². The SMILES string of the molecule is O=C([O-])C(O)C(O)C(O)CO.O=C([O-])C(O)C(O)C(O)CO.[Ca+2]. The first-order valence-electron chi connectivity index (χ1n) is 5.73. The average Bonchev–Trinajstić information content (AvgIpc) is 2.50. The van der Waals surface area contributed by atoms with Gasteiger partial charge in [0, 0.05) is 0 Å². The van der Waals surface area contributed by atoms with Gasteiger partial charge in [0.2, 0.25) is 0 Å². The monoisotopic (exact) mass is 370 g/mol. The molecule has 6 unspecified atom stereocenters. The fourth-order valence-corrected chi connectivity index (χ4v) is 0.916. The molecule has 132 valence electrons. The maximum Gasteiger partial charge on any atom is 2.00 e. The summed E-state index contributed by atoms with van der Waals surface area (Å²) in [6.45, 7) is -1.66. The number of carboxylic acids is 2. The average molecular weight is 370 g/mol. The minimum Gasteiger partial charge on any atom is -0.547 e. The van der Waals surface area contributed by atoms with Crippen molar-refractivity contribution < 1.29 is 60.7 Å². The number of rotatable bonds is 8. The molecule has 12 nitrogen and oxygen atoms in total. The smallest absolute Gasteiger partial charge is 0.547 e. The van der Waals surface area contributed by atoms with E-state index in [1.54, 1.807) is 0 Å². The number of hydrogen-bond acceptors (Lipinski definition) is 12. The zero-order valence-electron chi connectivity index (χ0n) is 11.8. The Bertz CT molecular complexity index is 308. The van der Waals surface area contributed by atoms with Crippen LogP contribution in [0.5, 0.6) is 0 Å². The van der Waals surface area contributed by atoms with Crippen molar-refractivity contribution in [3.63, 3.8) is 0 Å². The van der Waals surface area contributed by atoms with Gasteiger partial charge in [0.1, 0.15) is 36.6 Å². The normalized spacial score (nSPS) is 18.1. The van der Waals surface area contributed by atoms with E-state index in [9.17, 15) is 19.8 Å². The van der Waals surface area contributed by atoms with Crippen molar-refractivity contribution in [2.45, 2.75) is 36.6 Å². The summed E-state index contributed by atoms with van der Waals surface area (Å²) in [5.41, 5.74) is 0. The number of aliphatic hydroxyl groups excluding tert-OH is 8. The Hall–Kier alpha value is -0.120. The largest absolute Gasteiger partial charge is 2.00 e. The molecule has 0 heterocycles. The maximum atomic E-state index is 9.85. The minimum absolute atomic E-state index is 0. The third kappa shape index (κ3) is 11.1. The van der Waals surface area contributed by atoms with Crippen LogP contribution < -0.4 is 10.2 Å². The molecule has 0 fully saturated rings. The van der Waals surface area contributed by atoms with Gasteiger partial charge >= 0.3 is 37.7 Å². The molecule has 6 atom stereocenters. The second kappa shape index (κ2) is 14.2. The molecule has 0 aromatic rings. The molecule has 0 aromatic heterocycles. The number of carbonyl (C=O) groups excluding carboxylic acids is 2. The summed E-state index contributed by atoms with van der Waals surface area (Å²) in [4.78, 5) is 19.7. The number of carbonyl (C=O) groups is 2. The van der Waals surface area contributed by atoms with E-state index in [2.05, 4.69) is 0 Å². The van der Waals surface area contributed by atoms with Crippen LogP contribution in [0.15, 0.2) is 0 Å². The predicted octanol–water partition coefficient (Wildman–Crippen LogP) is -8.76. The van der Waals surface area contributed by atoms with E-state index in [0.717, 1.165) is 0 Å². The van der Waals surface area contributed by atoms with E-state index in [0.29, 0.717) is 0 Å². The molecule has 0 saturated heterocycles. The Morgan fingerprint density at radius 1 is 0.696 bits per heavy atom. The number of carboxylic acid groups (broad SMARTS) is 2. The standard InChI is InChI=1S/2C5H10O6.Ca/c2*6-1-2(7)3(8)4(9)5(10)11;/h2*2-4,6-9H,1H2,(H,10,11);/q;;+2/p-2. The first-order chi connectivity index (χ1) is 10.0. The van der Waals surface area contributed by atoms with Crippen LogP contribution >= 0.6 is 0 Å². The summed E-state index contributed by atoms with van der Waals surface area (Å²) in [6, 6.07) is 0. The number of aliphatic carboxylic acids is 2. The molecule has 8 N–H and O–H groups in total. The second-order valence-corrected chi connectivity index (χ2v) is 4.01. The topological polar surface area (TPSA) is 242 Å². The zero-order valence-corrected chi connectivity index (χ0v) is 14.0. The molecular weight excluding hydrogens is 352 g/mol. The number of aliphatic hydroxyl groups is 8. The maximum absolute atomic E-state index is 9.85. The fraction of sp³-hybridized carbons (Fsp3) is 0.800. The molecule has 0 spiro atoms. The van der Waals surface area contributed by atoms with Crippen LogP contribution in [0.2, 0.25) is 0 Å². The van der Waals surface area contributed by atoms with Crippen molar-refractivity contribution in [2.75, 3.05) is 13.2 Å². The van der Waals surface area contributed by atoms with Gasteiger partial charge in [-0.15, -0.1) is 0 Å². The molecule has 0 aliphatic carbocycles. The molecule has 0 radical (unpaired) electrons. The van der Waals surface area contributed by atoms with Gasteiger partial charge in [-0.3, -0.25) is 0 Å². The molecule has 0 aliphatic rings. The Kier molecular flexibility index (Phi) is 17.2. The van der Waals surface area contributed by atoms with Crippen molar-refractivity contribution >= 4 is 49.7 Å². The Morgan fingerprint density at radius 3 is 1.04 bits per heavy atom. The van der Waals surface area contributed by atoms with Crippen molar-refractivity contribution in [3.05, 3.63) is 0 Å². The van der Waals surface area contributed by atoms with Crippen LogP contribution in [-0.4, -0.2) is 140 Å². The van der Waals surface area contributed by atoms with Gasteiger partial charge in [-0.2, -0.15) is 0 Å². The first-order valence-corrected chi connectivity index (χ1v) is 5.73. The molecule has 0 amide bonds. The van der Waals surface area contributed by atoms with Crippen LogP contribution in [0.4, 0.5) is 0 Å². The summed E-state index contributed by atoms with van der Waals surface area (Å²) in [6.07, 6.45) is -11.6. The quantitative estimate of drug-likeness (QED) is 0.186. The van der Waals surface area contributed by atoms with Gasteiger partial charge in [0.15, 0.2) is 0 Å². The van der Waals surface area contributed by atoms with E-state index < -0.39 is 61.8 Å². The fourth-order valence-electron chi connectivity index (χ4n) is 0.916. The van der Waals surface area contributed by atoms with Crippen LogP contribution in [0.1, 0.15) is 0 Å². The van der Waals surface area contributed by atoms with E-state index >= 15 is 0 Å². The zero-order chi connectivity index (χ0) is 18.0.